The van der Waals surface area contributed by atoms with Crippen LogP contribution in [0, 0.1) is 17.0 Å². The number of nitro benzene ring substituents is 1. The van der Waals surface area contributed by atoms with Gasteiger partial charge >= 0.3 is 0 Å². The third-order valence-electron chi connectivity index (χ3n) is 4.14. The molecule has 1 N–H and O–H groups in total. The fraction of sp³-hybridized carbons (Fsp3) is 0.333. The molecule has 2 rings (SSSR count). The molecule has 0 heterocycles. The van der Waals surface area contributed by atoms with E-state index >= 15 is 0 Å². The third-order valence-corrected chi connectivity index (χ3v) is 5.08. The van der Waals surface area contributed by atoms with Crippen LogP contribution in [0.3, 0.4) is 0 Å². The van der Waals surface area contributed by atoms with Crippen molar-refractivity contribution in [3.05, 3.63) is 69.3 Å². The number of nitro groups is 1. The quantitative estimate of drug-likeness (QED) is 0.329. The molecule has 0 aromatic heterocycles. The lowest BCUT2D eigenvalue weighted by atomic mass is 10.0. The highest BCUT2D eigenvalue weighted by molar-refractivity contribution is 7.85. The van der Waals surface area contributed by atoms with Crippen molar-refractivity contribution < 1.29 is 17.9 Å². The first kappa shape index (κ1) is 19.1. The van der Waals surface area contributed by atoms with Gasteiger partial charge in [-0.15, -0.1) is 0 Å². The van der Waals surface area contributed by atoms with Gasteiger partial charge in [0.05, 0.1) is 10.5 Å². The number of hydrogen-bond acceptors (Lipinski definition) is 4. The second kappa shape index (κ2) is 8.22. The van der Waals surface area contributed by atoms with Crippen molar-refractivity contribution in [2.75, 3.05) is 0 Å². The predicted molar refractivity (Wildman–Crippen MR) is 95.3 cm³/mol. The van der Waals surface area contributed by atoms with Crippen LogP contribution in [0.5, 0.6) is 0 Å². The molecular formula is C18H21NO5S. The summed E-state index contributed by atoms with van der Waals surface area (Å²) < 4.78 is 32.5. The van der Waals surface area contributed by atoms with E-state index in [1.54, 1.807) is 6.92 Å². The van der Waals surface area contributed by atoms with Crippen LogP contribution in [0.2, 0.25) is 0 Å². The van der Waals surface area contributed by atoms with E-state index in [1.807, 2.05) is 30.3 Å². The molecule has 6 nitrogen and oxygen atoms in total. The maximum atomic E-state index is 11.5. The molecule has 0 amide bonds. The van der Waals surface area contributed by atoms with Gasteiger partial charge in [-0.05, 0) is 44.2 Å². The average molecular weight is 363 g/mol. The molecule has 0 aliphatic carbocycles. The van der Waals surface area contributed by atoms with Gasteiger partial charge in [-0.25, -0.2) is 0 Å². The number of aryl methyl sites for hydroxylation is 2. The Bertz CT molecular complexity index is 847. The zero-order chi connectivity index (χ0) is 18.4. The SMILES string of the molecule is Cc1ccc(S(=O)(=O)O)c(CCCCCc2ccccc2)c1[N+](=O)[O-]. The molecule has 0 spiro atoms. The van der Waals surface area contributed by atoms with E-state index < -0.39 is 15.0 Å². The average Bonchev–Trinajstić information content (AvgIpc) is 2.54. The van der Waals surface area contributed by atoms with E-state index in [4.69, 9.17) is 0 Å². The van der Waals surface area contributed by atoms with Gasteiger partial charge in [-0.2, -0.15) is 8.42 Å². The van der Waals surface area contributed by atoms with E-state index in [0.29, 0.717) is 12.0 Å². The van der Waals surface area contributed by atoms with Crippen LogP contribution in [0.15, 0.2) is 47.4 Å². The van der Waals surface area contributed by atoms with Crippen molar-refractivity contribution in [3.63, 3.8) is 0 Å². The molecule has 0 saturated carbocycles. The van der Waals surface area contributed by atoms with Crippen molar-refractivity contribution in [2.24, 2.45) is 0 Å². The normalized spacial score (nSPS) is 11.4. The van der Waals surface area contributed by atoms with Crippen LogP contribution in [0.1, 0.15) is 36.0 Å². The monoisotopic (exact) mass is 363 g/mol. The van der Waals surface area contributed by atoms with Crippen molar-refractivity contribution in [1.29, 1.82) is 0 Å². The maximum absolute atomic E-state index is 11.5. The number of rotatable bonds is 8. The molecular weight excluding hydrogens is 342 g/mol. The summed E-state index contributed by atoms with van der Waals surface area (Å²) in [6, 6.07) is 12.6. The molecule has 2 aromatic rings. The molecule has 0 saturated heterocycles. The van der Waals surface area contributed by atoms with E-state index in [9.17, 15) is 23.1 Å². The molecule has 134 valence electrons. The van der Waals surface area contributed by atoms with Crippen LogP contribution in [-0.2, 0) is 23.0 Å². The van der Waals surface area contributed by atoms with Crippen molar-refractivity contribution in [3.8, 4) is 0 Å². The predicted octanol–water partition coefficient (Wildman–Crippen LogP) is 4.11. The van der Waals surface area contributed by atoms with Gasteiger partial charge in [-0.3, -0.25) is 14.7 Å². The topological polar surface area (TPSA) is 97.5 Å². The summed E-state index contributed by atoms with van der Waals surface area (Å²) in [5, 5.41) is 11.3. The Kier molecular flexibility index (Phi) is 6.27. The maximum Gasteiger partial charge on any atom is 0.295 e. The van der Waals surface area contributed by atoms with Gasteiger partial charge in [0.1, 0.15) is 4.90 Å². The molecule has 0 unspecified atom stereocenters. The summed E-state index contributed by atoms with van der Waals surface area (Å²) in [6.45, 7) is 1.56. The van der Waals surface area contributed by atoms with Gasteiger partial charge in [0, 0.05) is 5.56 Å². The molecule has 0 fully saturated rings. The summed E-state index contributed by atoms with van der Waals surface area (Å²) in [5.41, 5.74) is 1.48. The minimum absolute atomic E-state index is 0.0900. The Morgan fingerprint density at radius 3 is 2.24 bits per heavy atom. The molecule has 0 bridgehead atoms. The smallest absolute Gasteiger partial charge is 0.282 e. The Morgan fingerprint density at radius 1 is 1.00 bits per heavy atom. The van der Waals surface area contributed by atoms with Gasteiger partial charge in [0.15, 0.2) is 0 Å². The fourth-order valence-corrected chi connectivity index (χ4v) is 3.67. The molecule has 2 aromatic carbocycles. The molecule has 25 heavy (non-hydrogen) atoms. The summed E-state index contributed by atoms with van der Waals surface area (Å²) >= 11 is 0. The van der Waals surface area contributed by atoms with E-state index in [-0.39, 0.29) is 22.6 Å². The second-order valence-electron chi connectivity index (χ2n) is 5.99. The summed E-state index contributed by atoms with van der Waals surface area (Å²) in [5.74, 6) is 0. The van der Waals surface area contributed by atoms with Crippen molar-refractivity contribution in [1.82, 2.24) is 0 Å². The zero-order valence-electron chi connectivity index (χ0n) is 14.0. The first-order valence-electron chi connectivity index (χ1n) is 8.09. The number of hydrogen-bond donors (Lipinski definition) is 1. The minimum Gasteiger partial charge on any atom is -0.282 e. The molecule has 7 heteroatoms. The highest BCUT2D eigenvalue weighted by Gasteiger charge is 2.26. The van der Waals surface area contributed by atoms with Crippen LogP contribution >= 0.6 is 0 Å². The largest absolute Gasteiger partial charge is 0.295 e. The Balaban J connectivity index is 2.09. The number of unbranched alkanes of at least 4 members (excludes halogenated alkanes) is 2. The first-order chi connectivity index (χ1) is 11.8. The zero-order valence-corrected chi connectivity index (χ0v) is 14.8. The van der Waals surface area contributed by atoms with Gasteiger partial charge < -0.3 is 0 Å². The Labute approximate surface area is 147 Å². The lowest BCUT2D eigenvalue weighted by Gasteiger charge is -2.10. The summed E-state index contributed by atoms with van der Waals surface area (Å²) in [7, 11) is -4.50. The van der Waals surface area contributed by atoms with E-state index in [2.05, 4.69) is 0 Å². The highest BCUT2D eigenvalue weighted by Crippen LogP contribution is 2.31. The van der Waals surface area contributed by atoms with Gasteiger partial charge in [0.25, 0.3) is 15.8 Å². The van der Waals surface area contributed by atoms with E-state index in [0.717, 1.165) is 19.3 Å². The minimum atomic E-state index is -4.50. The van der Waals surface area contributed by atoms with Crippen molar-refractivity contribution in [2.45, 2.75) is 43.9 Å². The number of benzene rings is 2. The van der Waals surface area contributed by atoms with Gasteiger partial charge in [-0.1, -0.05) is 42.8 Å². The Hall–Kier alpha value is -2.25. The number of nitrogens with zero attached hydrogens (tertiary/aromatic N) is 1. The highest BCUT2D eigenvalue weighted by atomic mass is 32.2. The summed E-state index contributed by atoms with van der Waals surface area (Å²) in [6.07, 6.45) is 3.47. The van der Waals surface area contributed by atoms with Crippen LogP contribution in [0.25, 0.3) is 0 Å². The fourth-order valence-electron chi connectivity index (χ4n) is 2.92. The van der Waals surface area contributed by atoms with Crippen LogP contribution in [0.4, 0.5) is 5.69 Å². The summed E-state index contributed by atoms with van der Waals surface area (Å²) in [4.78, 5) is 10.4. The standard InChI is InChI=1S/C18H21NO5S/c1-14-12-13-17(25(22,23)24)16(18(14)19(20)21)11-7-3-6-10-15-8-4-2-5-9-15/h2,4-5,8-9,12-13H,3,6-7,10-11H2,1H3,(H,22,23,24). The first-order valence-corrected chi connectivity index (χ1v) is 9.53. The van der Waals surface area contributed by atoms with Crippen LogP contribution in [-0.4, -0.2) is 17.9 Å². The van der Waals surface area contributed by atoms with E-state index in [1.165, 1.54) is 17.7 Å². The van der Waals surface area contributed by atoms with Crippen LogP contribution < -0.4 is 0 Å². The molecule has 0 aliphatic rings. The molecule has 0 aliphatic heterocycles. The third kappa shape index (κ3) is 5.11. The molecule has 0 radical (unpaired) electrons. The van der Waals surface area contributed by atoms with Gasteiger partial charge in [0.2, 0.25) is 0 Å². The Morgan fingerprint density at radius 2 is 1.64 bits per heavy atom. The van der Waals surface area contributed by atoms with Crippen molar-refractivity contribution >= 4 is 15.8 Å². The second-order valence-corrected chi connectivity index (χ2v) is 7.38. The molecule has 0 atom stereocenters. The lowest BCUT2D eigenvalue weighted by Crippen LogP contribution is -2.08. The lowest BCUT2D eigenvalue weighted by molar-refractivity contribution is -0.386.